The molecule has 2 aromatic rings. The van der Waals surface area contributed by atoms with Gasteiger partial charge in [-0.3, -0.25) is 0 Å². The largest absolute Gasteiger partial charge is 0.484 e. The average Bonchev–Trinajstić information content (AvgIpc) is 2.60. The van der Waals surface area contributed by atoms with Crippen molar-refractivity contribution < 1.29 is 18.3 Å². The third kappa shape index (κ3) is 5.19. The second-order valence-electron chi connectivity index (χ2n) is 6.08. The van der Waals surface area contributed by atoms with E-state index >= 15 is 0 Å². The summed E-state index contributed by atoms with van der Waals surface area (Å²) in [6, 6.07) is 2.42. The lowest BCUT2D eigenvalue weighted by Gasteiger charge is -2.29. The molecule has 0 saturated heterocycles. The van der Waals surface area contributed by atoms with Gasteiger partial charge in [-0.15, -0.1) is 0 Å². The summed E-state index contributed by atoms with van der Waals surface area (Å²) in [5.74, 6) is -1.66. The molecule has 0 atom stereocenters. The van der Waals surface area contributed by atoms with E-state index in [1.807, 2.05) is 0 Å². The Balaban J connectivity index is 1.43. The van der Waals surface area contributed by atoms with E-state index in [1.165, 1.54) is 18.5 Å². The highest BCUT2D eigenvalue weighted by Crippen LogP contribution is 2.30. The molecule has 0 amide bonds. The van der Waals surface area contributed by atoms with Gasteiger partial charge in [-0.25, -0.2) is 18.7 Å². The molecule has 1 saturated carbocycles. The molecule has 25 heavy (non-hydrogen) atoms. The van der Waals surface area contributed by atoms with Crippen molar-refractivity contribution in [1.82, 2.24) is 9.97 Å². The van der Waals surface area contributed by atoms with Crippen LogP contribution < -0.4 is 4.74 Å². The molecule has 1 aliphatic carbocycles. The molecule has 7 heteroatoms. The monoisotopic (exact) mass is 412 g/mol. The molecule has 0 N–H and O–H groups in total. The minimum absolute atomic E-state index is 0.157. The molecular formula is C18H19BrF2N2O2. The van der Waals surface area contributed by atoms with Crippen molar-refractivity contribution in [2.24, 2.45) is 0 Å². The molecular weight excluding hydrogens is 394 g/mol. The molecule has 1 aliphatic rings. The van der Waals surface area contributed by atoms with E-state index in [9.17, 15) is 8.78 Å². The van der Waals surface area contributed by atoms with Crippen LogP contribution in [0.15, 0.2) is 35.3 Å². The lowest BCUT2D eigenvalue weighted by Crippen LogP contribution is -2.29. The van der Waals surface area contributed by atoms with Crippen molar-refractivity contribution in [3.05, 3.63) is 52.5 Å². The maximum atomic E-state index is 13.8. The average molecular weight is 413 g/mol. The molecule has 0 spiro atoms. The number of nitrogens with zero attached hydrogens (tertiary/aromatic N) is 2. The van der Waals surface area contributed by atoms with Crippen LogP contribution in [0.1, 0.15) is 31.2 Å². The predicted octanol–water partition coefficient (Wildman–Crippen LogP) is 4.47. The fraction of sp³-hybridized carbons (Fsp3) is 0.444. The maximum absolute atomic E-state index is 13.8. The summed E-state index contributed by atoms with van der Waals surface area (Å²) in [5.41, 5.74) is 1.04. The van der Waals surface area contributed by atoms with Crippen LogP contribution in [-0.2, 0) is 11.2 Å². The van der Waals surface area contributed by atoms with Crippen LogP contribution in [0.3, 0.4) is 0 Å². The zero-order valence-electron chi connectivity index (χ0n) is 13.6. The summed E-state index contributed by atoms with van der Waals surface area (Å²) in [7, 11) is 0. The molecule has 0 aliphatic heterocycles. The third-order valence-electron chi connectivity index (χ3n) is 4.23. The Labute approximate surface area is 153 Å². The highest BCUT2D eigenvalue weighted by atomic mass is 79.9. The Hall–Kier alpha value is -1.60. The standard InChI is InChI=1S/C18H19BrF2N2O2/c19-13-7-16(20)18(17(21)8-13)25-15-3-1-14(2-4-15)24-6-5-12-9-22-11-23-10-12/h7-11,14-15H,1-6H2. The van der Waals surface area contributed by atoms with Gasteiger partial charge in [0.15, 0.2) is 17.4 Å². The molecule has 3 rings (SSSR count). The highest BCUT2D eigenvalue weighted by molar-refractivity contribution is 9.10. The van der Waals surface area contributed by atoms with Crippen molar-refractivity contribution in [2.75, 3.05) is 6.61 Å². The number of hydrogen-bond donors (Lipinski definition) is 0. The first kappa shape index (κ1) is 18.2. The van der Waals surface area contributed by atoms with Gasteiger partial charge in [0.1, 0.15) is 6.33 Å². The van der Waals surface area contributed by atoms with E-state index in [0.29, 0.717) is 23.9 Å². The van der Waals surface area contributed by atoms with Crippen LogP contribution in [0.4, 0.5) is 8.78 Å². The number of rotatable bonds is 6. The molecule has 0 unspecified atom stereocenters. The SMILES string of the molecule is Fc1cc(Br)cc(F)c1OC1CCC(OCCc2cncnc2)CC1. The van der Waals surface area contributed by atoms with Gasteiger partial charge in [0.2, 0.25) is 0 Å². The number of halogens is 3. The van der Waals surface area contributed by atoms with Gasteiger partial charge < -0.3 is 9.47 Å². The fourth-order valence-corrected chi connectivity index (χ4v) is 3.33. The van der Waals surface area contributed by atoms with Crippen molar-refractivity contribution >= 4 is 15.9 Å². The zero-order valence-corrected chi connectivity index (χ0v) is 15.2. The van der Waals surface area contributed by atoms with Crippen molar-refractivity contribution in [1.29, 1.82) is 0 Å². The lowest BCUT2D eigenvalue weighted by molar-refractivity contribution is 0.00263. The molecule has 1 heterocycles. The number of ether oxygens (including phenoxy) is 2. The molecule has 1 fully saturated rings. The molecule has 134 valence electrons. The molecule has 0 bridgehead atoms. The Kier molecular flexibility index (Phi) is 6.31. The highest BCUT2D eigenvalue weighted by Gasteiger charge is 2.25. The second kappa shape index (κ2) is 8.67. The fourth-order valence-electron chi connectivity index (χ4n) is 2.93. The minimum atomic E-state index is -0.685. The van der Waals surface area contributed by atoms with Gasteiger partial charge in [0.25, 0.3) is 0 Å². The predicted molar refractivity (Wildman–Crippen MR) is 92.4 cm³/mol. The van der Waals surface area contributed by atoms with Gasteiger partial charge in [-0.1, -0.05) is 15.9 Å². The molecule has 1 aromatic carbocycles. The van der Waals surface area contributed by atoms with Crippen LogP contribution in [0, 0.1) is 11.6 Å². The summed E-state index contributed by atoms with van der Waals surface area (Å²) in [6.07, 6.45) is 8.87. The first-order valence-corrected chi connectivity index (χ1v) is 9.08. The third-order valence-corrected chi connectivity index (χ3v) is 4.68. The Morgan fingerprint density at radius 3 is 2.24 bits per heavy atom. The molecule has 1 aromatic heterocycles. The first-order chi connectivity index (χ1) is 12.1. The van der Waals surface area contributed by atoms with Gasteiger partial charge in [-0.05, 0) is 49.8 Å². The van der Waals surface area contributed by atoms with Crippen molar-refractivity contribution in [3.8, 4) is 5.75 Å². The number of benzene rings is 1. The van der Waals surface area contributed by atoms with Gasteiger partial charge in [0, 0.05) is 16.9 Å². The Bertz CT molecular complexity index is 672. The molecule has 4 nitrogen and oxygen atoms in total. The van der Waals surface area contributed by atoms with E-state index in [4.69, 9.17) is 9.47 Å². The summed E-state index contributed by atoms with van der Waals surface area (Å²) in [6.45, 7) is 0.611. The summed E-state index contributed by atoms with van der Waals surface area (Å²) >= 11 is 3.06. The van der Waals surface area contributed by atoms with Crippen LogP contribution in [0.5, 0.6) is 5.75 Å². The number of hydrogen-bond acceptors (Lipinski definition) is 4. The smallest absolute Gasteiger partial charge is 0.191 e. The van der Waals surface area contributed by atoms with Gasteiger partial charge >= 0.3 is 0 Å². The van der Waals surface area contributed by atoms with Crippen LogP contribution in [0.25, 0.3) is 0 Å². The Morgan fingerprint density at radius 2 is 1.60 bits per heavy atom. The van der Waals surface area contributed by atoms with Crippen molar-refractivity contribution in [3.63, 3.8) is 0 Å². The number of aromatic nitrogens is 2. The normalized spacial score (nSPS) is 20.4. The first-order valence-electron chi connectivity index (χ1n) is 8.28. The van der Waals surface area contributed by atoms with Crippen LogP contribution in [0.2, 0.25) is 0 Å². The summed E-state index contributed by atoms with van der Waals surface area (Å²) in [5, 5.41) is 0. The van der Waals surface area contributed by atoms with E-state index < -0.39 is 11.6 Å². The quantitative estimate of drug-likeness (QED) is 0.701. The van der Waals surface area contributed by atoms with Crippen molar-refractivity contribution in [2.45, 2.75) is 44.3 Å². The summed E-state index contributed by atoms with van der Waals surface area (Å²) in [4.78, 5) is 7.94. The topological polar surface area (TPSA) is 44.2 Å². The van der Waals surface area contributed by atoms with Crippen LogP contribution >= 0.6 is 15.9 Å². The minimum Gasteiger partial charge on any atom is -0.484 e. The second-order valence-corrected chi connectivity index (χ2v) is 7.00. The summed E-state index contributed by atoms with van der Waals surface area (Å²) < 4.78 is 39.5. The van der Waals surface area contributed by atoms with Gasteiger partial charge in [-0.2, -0.15) is 0 Å². The van der Waals surface area contributed by atoms with E-state index in [1.54, 1.807) is 12.4 Å². The molecule has 0 radical (unpaired) electrons. The lowest BCUT2D eigenvalue weighted by atomic mass is 9.95. The van der Waals surface area contributed by atoms with E-state index in [0.717, 1.165) is 24.8 Å². The Morgan fingerprint density at radius 1 is 1.00 bits per heavy atom. The van der Waals surface area contributed by atoms with Crippen LogP contribution in [-0.4, -0.2) is 28.8 Å². The zero-order chi connectivity index (χ0) is 17.6. The van der Waals surface area contributed by atoms with E-state index in [-0.39, 0.29) is 18.0 Å². The van der Waals surface area contributed by atoms with E-state index in [2.05, 4.69) is 25.9 Å². The van der Waals surface area contributed by atoms with Gasteiger partial charge in [0.05, 0.1) is 18.8 Å². The maximum Gasteiger partial charge on any atom is 0.191 e.